The number of anilines is 3. The van der Waals surface area contributed by atoms with E-state index in [9.17, 15) is 0 Å². The van der Waals surface area contributed by atoms with E-state index < -0.39 is 0 Å². The van der Waals surface area contributed by atoms with Crippen molar-refractivity contribution in [3.8, 4) is 0 Å². The van der Waals surface area contributed by atoms with Crippen LogP contribution in [-0.2, 0) is 6.54 Å². The van der Waals surface area contributed by atoms with E-state index in [1.54, 1.807) is 0 Å². The fraction of sp³-hybridized carbons (Fsp3) is 0.267. The fourth-order valence-corrected chi connectivity index (χ4v) is 3.17. The van der Waals surface area contributed by atoms with Crippen LogP contribution in [0.2, 0.25) is 5.02 Å². The average Bonchev–Trinajstić information content (AvgIpc) is 2.86. The number of benzene rings is 1. The first-order valence-corrected chi connectivity index (χ1v) is 8.44. The minimum atomic E-state index is 0.366. The van der Waals surface area contributed by atoms with E-state index >= 15 is 0 Å². The topological polar surface area (TPSA) is 72.9 Å². The van der Waals surface area contributed by atoms with Crippen molar-refractivity contribution in [1.82, 2.24) is 19.5 Å². The molecule has 0 amide bonds. The molecule has 2 heterocycles. The molecule has 0 aliphatic carbocycles. The van der Waals surface area contributed by atoms with Gasteiger partial charge in [0, 0.05) is 23.8 Å². The van der Waals surface area contributed by atoms with E-state index in [1.807, 2.05) is 47.6 Å². The standard InChI is InChI=1S/C15H16BrClN6/c1-3-22(10-7-5-9(17)6-8-10)15-20-12(18)11-13(21-15)23(4-2)14(16)19-11/h5-8H,3-4H2,1-2H3,(H2,18,20,21). The number of nitrogens with two attached hydrogens (primary N) is 1. The normalized spacial score (nSPS) is 11.1. The van der Waals surface area contributed by atoms with Gasteiger partial charge in [0.1, 0.15) is 0 Å². The molecule has 0 saturated heterocycles. The maximum Gasteiger partial charge on any atom is 0.233 e. The molecule has 23 heavy (non-hydrogen) atoms. The zero-order valence-electron chi connectivity index (χ0n) is 12.8. The summed E-state index contributed by atoms with van der Waals surface area (Å²) in [4.78, 5) is 15.5. The van der Waals surface area contributed by atoms with Gasteiger partial charge in [0.2, 0.25) is 5.95 Å². The van der Waals surface area contributed by atoms with Crippen LogP contribution in [0.5, 0.6) is 0 Å². The van der Waals surface area contributed by atoms with Crippen molar-refractivity contribution in [1.29, 1.82) is 0 Å². The smallest absolute Gasteiger partial charge is 0.233 e. The number of aromatic nitrogens is 4. The van der Waals surface area contributed by atoms with E-state index in [-0.39, 0.29) is 0 Å². The Kier molecular flexibility index (Phi) is 4.41. The predicted octanol–water partition coefficient (Wildman–Crippen LogP) is 4.00. The third kappa shape index (κ3) is 2.86. The van der Waals surface area contributed by atoms with E-state index in [1.165, 1.54) is 0 Å². The van der Waals surface area contributed by atoms with Crippen LogP contribution < -0.4 is 10.6 Å². The molecule has 8 heteroatoms. The molecule has 3 rings (SSSR count). The Bertz CT molecular complexity index is 845. The second-order valence-electron chi connectivity index (χ2n) is 4.93. The average molecular weight is 396 g/mol. The third-order valence-electron chi connectivity index (χ3n) is 3.58. The number of imidazole rings is 1. The summed E-state index contributed by atoms with van der Waals surface area (Å²) in [6.45, 7) is 5.50. The van der Waals surface area contributed by atoms with Crippen LogP contribution in [0.4, 0.5) is 17.5 Å². The van der Waals surface area contributed by atoms with Gasteiger partial charge in [-0.1, -0.05) is 11.6 Å². The van der Waals surface area contributed by atoms with Crippen molar-refractivity contribution in [2.75, 3.05) is 17.2 Å². The van der Waals surface area contributed by atoms with Crippen molar-refractivity contribution in [3.05, 3.63) is 34.0 Å². The van der Waals surface area contributed by atoms with Crippen molar-refractivity contribution in [2.24, 2.45) is 0 Å². The molecule has 2 N–H and O–H groups in total. The summed E-state index contributed by atoms with van der Waals surface area (Å²) in [6, 6.07) is 7.55. The number of rotatable bonds is 4. The number of nitrogen functional groups attached to an aromatic ring is 1. The Balaban J connectivity index is 2.15. The number of halogens is 2. The first kappa shape index (κ1) is 16.0. The van der Waals surface area contributed by atoms with Gasteiger partial charge in [0.15, 0.2) is 21.7 Å². The molecule has 0 aliphatic rings. The highest BCUT2D eigenvalue weighted by atomic mass is 79.9. The van der Waals surface area contributed by atoms with Gasteiger partial charge in [-0.3, -0.25) is 0 Å². The van der Waals surface area contributed by atoms with Crippen molar-refractivity contribution in [2.45, 2.75) is 20.4 Å². The SMILES string of the molecule is CCN(c1ccc(Cl)cc1)c1nc(N)c2nc(Br)n(CC)c2n1. The second-order valence-corrected chi connectivity index (χ2v) is 6.07. The minimum absolute atomic E-state index is 0.366. The van der Waals surface area contributed by atoms with E-state index in [0.717, 1.165) is 12.2 Å². The minimum Gasteiger partial charge on any atom is -0.382 e. The quantitative estimate of drug-likeness (QED) is 0.676. The predicted molar refractivity (Wildman–Crippen MR) is 97.2 cm³/mol. The van der Waals surface area contributed by atoms with Crippen molar-refractivity contribution < 1.29 is 0 Å². The Morgan fingerprint density at radius 1 is 1.17 bits per heavy atom. The molecule has 6 nitrogen and oxygen atoms in total. The molecule has 1 aromatic carbocycles. The Morgan fingerprint density at radius 2 is 1.87 bits per heavy atom. The maximum atomic E-state index is 6.09. The zero-order valence-corrected chi connectivity index (χ0v) is 15.1. The zero-order chi connectivity index (χ0) is 16.6. The van der Waals surface area contributed by atoms with E-state index in [0.29, 0.717) is 39.2 Å². The summed E-state index contributed by atoms with van der Waals surface area (Å²) >= 11 is 9.40. The molecule has 0 unspecified atom stereocenters. The summed E-state index contributed by atoms with van der Waals surface area (Å²) in [5, 5.41) is 0.689. The number of hydrogen-bond acceptors (Lipinski definition) is 5. The molecule has 0 atom stereocenters. The first-order valence-electron chi connectivity index (χ1n) is 7.27. The molecule has 120 valence electrons. The van der Waals surface area contributed by atoms with Crippen molar-refractivity contribution in [3.63, 3.8) is 0 Å². The van der Waals surface area contributed by atoms with Crippen molar-refractivity contribution >= 4 is 56.1 Å². The van der Waals surface area contributed by atoms with Crippen LogP contribution >= 0.6 is 27.5 Å². The lowest BCUT2D eigenvalue weighted by atomic mass is 10.3. The number of aryl methyl sites for hydroxylation is 1. The van der Waals surface area contributed by atoms with Gasteiger partial charge in [-0.05, 0) is 54.0 Å². The van der Waals surface area contributed by atoms with Crippen LogP contribution in [0.15, 0.2) is 29.0 Å². The molecular formula is C15H16BrClN6. The van der Waals surface area contributed by atoms with Gasteiger partial charge in [-0.15, -0.1) is 0 Å². The number of hydrogen-bond donors (Lipinski definition) is 1. The Hall–Kier alpha value is -1.86. The Morgan fingerprint density at radius 3 is 2.48 bits per heavy atom. The molecule has 0 radical (unpaired) electrons. The fourth-order valence-electron chi connectivity index (χ4n) is 2.44. The van der Waals surface area contributed by atoms with Crippen LogP contribution in [-0.4, -0.2) is 26.1 Å². The highest BCUT2D eigenvalue weighted by Gasteiger charge is 2.18. The maximum absolute atomic E-state index is 6.09. The molecule has 2 aromatic heterocycles. The summed E-state index contributed by atoms with van der Waals surface area (Å²) < 4.78 is 2.65. The van der Waals surface area contributed by atoms with Crippen LogP contribution in [0.1, 0.15) is 13.8 Å². The molecular weight excluding hydrogens is 380 g/mol. The molecule has 0 saturated carbocycles. The van der Waals surface area contributed by atoms with Gasteiger partial charge < -0.3 is 15.2 Å². The third-order valence-corrected chi connectivity index (χ3v) is 4.43. The van der Waals surface area contributed by atoms with Gasteiger partial charge in [-0.2, -0.15) is 9.97 Å². The number of nitrogens with zero attached hydrogens (tertiary/aromatic N) is 5. The lowest BCUT2D eigenvalue weighted by Crippen LogP contribution is -2.19. The summed E-state index contributed by atoms with van der Waals surface area (Å²) in [7, 11) is 0. The van der Waals surface area contributed by atoms with E-state index in [2.05, 4.69) is 30.9 Å². The summed E-state index contributed by atoms with van der Waals surface area (Å²) in [6.07, 6.45) is 0. The summed E-state index contributed by atoms with van der Waals surface area (Å²) in [5.41, 5.74) is 8.37. The summed E-state index contributed by atoms with van der Waals surface area (Å²) in [5.74, 6) is 0.909. The van der Waals surface area contributed by atoms with Crippen LogP contribution in [0.3, 0.4) is 0 Å². The van der Waals surface area contributed by atoms with Gasteiger partial charge in [-0.25, -0.2) is 4.98 Å². The van der Waals surface area contributed by atoms with Crippen LogP contribution in [0, 0.1) is 0 Å². The second kappa shape index (κ2) is 6.33. The lowest BCUT2D eigenvalue weighted by molar-refractivity contribution is 0.755. The molecule has 0 aliphatic heterocycles. The van der Waals surface area contributed by atoms with Gasteiger partial charge in [0.25, 0.3) is 0 Å². The van der Waals surface area contributed by atoms with Gasteiger partial charge in [0.05, 0.1) is 0 Å². The highest BCUT2D eigenvalue weighted by Crippen LogP contribution is 2.28. The van der Waals surface area contributed by atoms with Crippen LogP contribution in [0.25, 0.3) is 11.2 Å². The molecule has 0 bridgehead atoms. The highest BCUT2D eigenvalue weighted by molar-refractivity contribution is 9.10. The lowest BCUT2D eigenvalue weighted by Gasteiger charge is -2.21. The monoisotopic (exact) mass is 394 g/mol. The molecule has 0 spiro atoms. The van der Waals surface area contributed by atoms with Gasteiger partial charge >= 0.3 is 0 Å². The largest absolute Gasteiger partial charge is 0.382 e. The Labute approximate surface area is 147 Å². The van der Waals surface area contributed by atoms with E-state index in [4.69, 9.17) is 17.3 Å². The molecule has 0 fully saturated rings. The first-order chi connectivity index (χ1) is 11.0. The molecule has 3 aromatic rings. The number of fused-ring (bicyclic) bond motifs is 1.